The third kappa shape index (κ3) is 4.23. The van der Waals surface area contributed by atoms with Crippen molar-refractivity contribution in [2.24, 2.45) is 5.73 Å². The molecule has 0 unspecified atom stereocenters. The van der Waals surface area contributed by atoms with E-state index >= 15 is 0 Å². The highest BCUT2D eigenvalue weighted by molar-refractivity contribution is 6.30. The quantitative estimate of drug-likeness (QED) is 0.773. The van der Waals surface area contributed by atoms with Gasteiger partial charge in [0.15, 0.2) is 0 Å². The van der Waals surface area contributed by atoms with Crippen LogP contribution in [0.25, 0.3) is 0 Å². The van der Waals surface area contributed by atoms with E-state index in [1.807, 2.05) is 48.5 Å². The molecule has 1 aliphatic heterocycles. The predicted octanol–water partition coefficient (Wildman–Crippen LogP) is 3.05. The molecule has 0 spiro atoms. The fourth-order valence-corrected chi connectivity index (χ4v) is 5.12. The number of halogens is 1. The highest BCUT2D eigenvalue weighted by Gasteiger charge is 2.42. The maximum absolute atomic E-state index is 13.2. The summed E-state index contributed by atoms with van der Waals surface area (Å²) in [6.45, 7) is 0.687. The second-order valence-electron chi connectivity index (χ2n) is 8.50. The van der Waals surface area contributed by atoms with Crippen LogP contribution in [0.15, 0.2) is 54.6 Å². The summed E-state index contributed by atoms with van der Waals surface area (Å²) >= 11 is 6.21. The van der Waals surface area contributed by atoms with Gasteiger partial charge >= 0.3 is 0 Å². The number of hydrogen-bond acceptors (Lipinski definition) is 3. The molecule has 2 aromatic rings. The Hall–Kier alpha value is -2.37. The van der Waals surface area contributed by atoms with Gasteiger partial charge in [0.1, 0.15) is 6.04 Å². The molecule has 5 nitrogen and oxygen atoms in total. The van der Waals surface area contributed by atoms with Gasteiger partial charge in [-0.1, -0.05) is 54.1 Å². The number of carbonyl (C=O) groups is 2. The highest BCUT2D eigenvalue weighted by Crippen LogP contribution is 2.41. The molecule has 2 fully saturated rings. The van der Waals surface area contributed by atoms with Gasteiger partial charge in [-0.15, -0.1) is 0 Å². The molecule has 1 heterocycles. The number of nitrogens with two attached hydrogens (primary N) is 1. The van der Waals surface area contributed by atoms with Gasteiger partial charge in [0, 0.05) is 29.4 Å². The SMILES string of the molecule is NCC1(c2cccc(Cl)c2)CCC(N2CC(=O)N[C@@H](Cc3ccccc3)C2=O)CC1. The van der Waals surface area contributed by atoms with Crippen LogP contribution in [0, 0.1) is 0 Å². The van der Waals surface area contributed by atoms with Crippen molar-refractivity contribution in [1.29, 1.82) is 0 Å². The lowest BCUT2D eigenvalue weighted by Crippen LogP contribution is -2.62. The number of piperazine rings is 1. The van der Waals surface area contributed by atoms with Gasteiger partial charge in [0.05, 0.1) is 6.54 Å². The number of hydrogen-bond donors (Lipinski definition) is 2. The van der Waals surface area contributed by atoms with Crippen molar-refractivity contribution in [2.45, 2.75) is 49.6 Å². The lowest BCUT2D eigenvalue weighted by atomic mass is 9.68. The summed E-state index contributed by atoms with van der Waals surface area (Å²) in [6.07, 6.45) is 3.94. The van der Waals surface area contributed by atoms with Crippen molar-refractivity contribution >= 4 is 23.4 Å². The smallest absolute Gasteiger partial charge is 0.246 e. The minimum atomic E-state index is -0.497. The van der Waals surface area contributed by atoms with Crippen molar-refractivity contribution < 1.29 is 9.59 Å². The topological polar surface area (TPSA) is 75.4 Å². The first-order chi connectivity index (χ1) is 14.5. The van der Waals surface area contributed by atoms with Crippen LogP contribution in [0.5, 0.6) is 0 Å². The molecule has 0 aromatic heterocycles. The molecule has 1 aliphatic carbocycles. The van der Waals surface area contributed by atoms with Crippen LogP contribution < -0.4 is 11.1 Å². The fourth-order valence-electron chi connectivity index (χ4n) is 4.93. The Balaban J connectivity index is 1.46. The molecule has 30 heavy (non-hydrogen) atoms. The average molecular weight is 426 g/mol. The molecule has 1 atom stereocenters. The van der Waals surface area contributed by atoms with Gasteiger partial charge in [-0.3, -0.25) is 9.59 Å². The number of rotatable bonds is 5. The largest absolute Gasteiger partial charge is 0.342 e. The number of nitrogens with one attached hydrogen (secondary N) is 1. The van der Waals surface area contributed by atoms with Crippen molar-refractivity contribution in [2.75, 3.05) is 13.1 Å². The van der Waals surface area contributed by atoms with Crippen molar-refractivity contribution in [1.82, 2.24) is 10.2 Å². The first-order valence-corrected chi connectivity index (χ1v) is 11.0. The van der Waals surface area contributed by atoms with Crippen LogP contribution in [0.2, 0.25) is 5.02 Å². The first-order valence-electron chi connectivity index (χ1n) is 10.6. The monoisotopic (exact) mass is 425 g/mol. The van der Waals surface area contributed by atoms with E-state index in [1.165, 1.54) is 5.56 Å². The van der Waals surface area contributed by atoms with Gasteiger partial charge in [0.2, 0.25) is 11.8 Å². The van der Waals surface area contributed by atoms with E-state index < -0.39 is 6.04 Å². The van der Waals surface area contributed by atoms with Gasteiger partial charge < -0.3 is 16.0 Å². The fraction of sp³-hybridized carbons (Fsp3) is 0.417. The Morgan fingerprint density at radius 2 is 1.80 bits per heavy atom. The standard InChI is InChI=1S/C24H28ClN3O2/c25-19-8-4-7-18(14-19)24(16-26)11-9-20(10-12-24)28-15-22(29)27-21(23(28)30)13-17-5-2-1-3-6-17/h1-8,14,20-21H,9-13,15-16,26H2,(H,27,29)/t20?,21-,24?/m0/s1. The van der Waals surface area contributed by atoms with E-state index in [-0.39, 0.29) is 29.8 Å². The Bertz CT molecular complexity index is 910. The number of carbonyl (C=O) groups excluding carboxylic acids is 2. The molecule has 1 saturated heterocycles. The number of benzene rings is 2. The molecule has 0 bridgehead atoms. The molecule has 2 aliphatic rings. The molecule has 4 rings (SSSR count). The molecule has 3 N–H and O–H groups in total. The van der Waals surface area contributed by atoms with Crippen LogP contribution in [0.3, 0.4) is 0 Å². The number of amides is 2. The van der Waals surface area contributed by atoms with Crippen molar-refractivity contribution in [3.8, 4) is 0 Å². The zero-order chi connectivity index (χ0) is 21.1. The summed E-state index contributed by atoms with van der Waals surface area (Å²) in [7, 11) is 0. The zero-order valence-electron chi connectivity index (χ0n) is 17.0. The Kier molecular flexibility index (Phi) is 6.11. The van der Waals surface area contributed by atoms with E-state index in [0.29, 0.717) is 18.0 Å². The highest BCUT2D eigenvalue weighted by atomic mass is 35.5. The lowest BCUT2D eigenvalue weighted by molar-refractivity contribution is -0.147. The summed E-state index contributed by atoms with van der Waals surface area (Å²) < 4.78 is 0. The molecular weight excluding hydrogens is 398 g/mol. The van der Waals surface area contributed by atoms with E-state index in [0.717, 1.165) is 31.2 Å². The normalized spacial score (nSPS) is 27.1. The predicted molar refractivity (Wildman–Crippen MR) is 118 cm³/mol. The maximum Gasteiger partial charge on any atom is 0.246 e. The lowest BCUT2D eigenvalue weighted by Gasteiger charge is -2.45. The second-order valence-corrected chi connectivity index (χ2v) is 8.94. The summed E-state index contributed by atoms with van der Waals surface area (Å²) in [6, 6.07) is 17.3. The van der Waals surface area contributed by atoms with E-state index in [2.05, 4.69) is 11.4 Å². The van der Waals surface area contributed by atoms with E-state index in [4.69, 9.17) is 17.3 Å². The van der Waals surface area contributed by atoms with Crippen LogP contribution >= 0.6 is 11.6 Å². The van der Waals surface area contributed by atoms with Crippen LogP contribution in [0.4, 0.5) is 0 Å². The minimum absolute atomic E-state index is 0.0199. The van der Waals surface area contributed by atoms with Gasteiger partial charge in [-0.25, -0.2) is 0 Å². The maximum atomic E-state index is 13.2. The van der Waals surface area contributed by atoms with Crippen LogP contribution in [-0.2, 0) is 21.4 Å². The Morgan fingerprint density at radius 3 is 2.47 bits per heavy atom. The number of nitrogens with zero attached hydrogens (tertiary/aromatic N) is 1. The molecule has 2 aromatic carbocycles. The summed E-state index contributed by atoms with van der Waals surface area (Å²) in [5.74, 6) is -0.0625. The van der Waals surface area contributed by atoms with Crippen molar-refractivity contribution in [3.63, 3.8) is 0 Å². The van der Waals surface area contributed by atoms with E-state index in [9.17, 15) is 9.59 Å². The van der Waals surface area contributed by atoms with Crippen LogP contribution in [-0.4, -0.2) is 41.9 Å². The van der Waals surface area contributed by atoms with Gasteiger partial charge in [-0.05, 0) is 48.9 Å². The van der Waals surface area contributed by atoms with Crippen molar-refractivity contribution in [3.05, 3.63) is 70.7 Å². The second kappa shape index (κ2) is 8.78. The molecule has 0 radical (unpaired) electrons. The van der Waals surface area contributed by atoms with Gasteiger partial charge in [-0.2, -0.15) is 0 Å². The first kappa shape index (κ1) is 20.9. The van der Waals surface area contributed by atoms with E-state index in [1.54, 1.807) is 4.90 Å². The van der Waals surface area contributed by atoms with Crippen LogP contribution in [0.1, 0.15) is 36.8 Å². The third-order valence-electron chi connectivity index (χ3n) is 6.69. The summed E-state index contributed by atoms with van der Waals surface area (Å²) in [5.41, 5.74) is 8.31. The Labute approximate surface area is 182 Å². The summed E-state index contributed by atoms with van der Waals surface area (Å²) in [5, 5.41) is 3.60. The summed E-state index contributed by atoms with van der Waals surface area (Å²) in [4.78, 5) is 27.4. The molecular formula is C24H28ClN3O2. The minimum Gasteiger partial charge on any atom is -0.342 e. The molecule has 2 amide bonds. The average Bonchev–Trinajstić information content (AvgIpc) is 2.77. The molecule has 1 saturated carbocycles. The molecule has 6 heteroatoms. The zero-order valence-corrected chi connectivity index (χ0v) is 17.8. The van der Waals surface area contributed by atoms with Gasteiger partial charge in [0.25, 0.3) is 0 Å². The Morgan fingerprint density at radius 1 is 1.07 bits per heavy atom. The molecule has 158 valence electrons. The third-order valence-corrected chi connectivity index (χ3v) is 6.93.